The predicted molar refractivity (Wildman–Crippen MR) is 124 cm³/mol. The predicted octanol–water partition coefficient (Wildman–Crippen LogP) is 3.17. The number of carbonyl (C=O) groups is 1. The first-order valence-electron chi connectivity index (χ1n) is 10.7. The molecular weight excluding hydrogens is 467 g/mol. The summed E-state index contributed by atoms with van der Waals surface area (Å²) in [6.45, 7) is 5.66. The van der Waals surface area contributed by atoms with Gasteiger partial charge in [0.25, 0.3) is 5.91 Å². The van der Waals surface area contributed by atoms with E-state index in [1.807, 2.05) is 20.0 Å². The normalized spacial score (nSPS) is 21.1. The van der Waals surface area contributed by atoms with Crippen molar-refractivity contribution in [3.8, 4) is 17.7 Å². The van der Waals surface area contributed by atoms with E-state index in [1.165, 1.54) is 6.07 Å². The molecule has 33 heavy (non-hydrogen) atoms. The van der Waals surface area contributed by atoms with Gasteiger partial charge in [-0.25, -0.2) is 9.97 Å². The number of rotatable bonds is 8. The topological polar surface area (TPSA) is 112 Å². The average Bonchev–Trinajstić information content (AvgIpc) is 2.69. The zero-order valence-electron chi connectivity index (χ0n) is 18.2. The molecule has 2 fully saturated rings. The SMILES string of the molecule is CC(Oc1ccc(Cl)nc1C(=O)N(C#N)c1nc(Cl)ccc1OC(C)[C@@H]1CCN1)[C@@H]1CCN1. The fraction of sp³-hybridized carbons (Fsp3) is 0.455. The van der Waals surface area contributed by atoms with Crippen LogP contribution in [0.2, 0.25) is 10.3 Å². The number of carbonyl (C=O) groups excluding carboxylic acids is 1. The number of nitrogens with zero attached hydrogens (tertiary/aromatic N) is 4. The van der Waals surface area contributed by atoms with E-state index in [0.717, 1.165) is 30.8 Å². The largest absolute Gasteiger partial charge is 0.487 e. The second kappa shape index (κ2) is 10.1. The molecule has 2 aliphatic heterocycles. The summed E-state index contributed by atoms with van der Waals surface area (Å²) in [5, 5.41) is 16.6. The number of pyridine rings is 2. The lowest BCUT2D eigenvalue weighted by Crippen LogP contribution is -2.51. The van der Waals surface area contributed by atoms with Gasteiger partial charge in [-0.05, 0) is 64.0 Å². The third kappa shape index (κ3) is 5.14. The molecule has 0 saturated carbocycles. The Morgan fingerprint density at radius 2 is 1.55 bits per heavy atom. The van der Waals surface area contributed by atoms with Crippen molar-refractivity contribution < 1.29 is 14.3 Å². The molecule has 0 bridgehead atoms. The highest BCUT2D eigenvalue weighted by Crippen LogP contribution is 2.32. The molecule has 9 nitrogen and oxygen atoms in total. The molecule has 2 aromatic rings. The Labute approximate surface area is 202 Å². The van der Waals surface area contributed by atoms with Gasteiger partial charge in [0.2, 0.25) is 0 Å². The minimum atomic E-state index is -0.752. The average molecular weight is 491 g/mol. The summed E-state index contributed by atoms with van der Waals surface area (Å²) in [7, 11) is 0. The molecule has 2 saturated heterocycles. The van der Waals surface area contributed by atoms with Crippen molar-refractivity contribution >= 4 is 34.9 Å². The van der Waals surface area contributed by atoms with Gasteiger partial charge < -0.3 is 20.1 Å². The number of hydrogen-bond acceptors (Lipinski definition) is 8. The highest BCUT2D eigenvalue weighted by Gasteiger charge is 2.32. The van der Waals surface area contributed by atoms with E-state index in [-0.39, 0.29) is 57.6 Å². The standard InChI is InChI=1S/C22H24Cl2N6O3/c1-12(14-7-9-26-14)32-16-3-5-18(23)28-20(16)22(31)30(11-25)21-17(4-6-19(24)29-21)33-13(2)15-8-10-27-15/h3-6,12-15,26-27H,7-10H2,1-2H3/t12?,13?,14-,15-/m0/s1. The first kappa shape index (κ1) is 23.5. The van der Waals surface area contributed by atoms with Gasteiger partial charge in [0.15, 0.2) is 29.2 Å². The Bertz CT molecular complexity index is 1070. The van der Waals surface area contributed by atoms with Gasteiger partial charge in [0.1, 0.15) is 22.5 Å². The zero-order valence-corrected chi connectivity index (χ0v) is 19.7. The van der Waals surface area contributed by atoms with Crippen LogP contribution in [0.3, 0.4) is 0 Å². The number of hydrogen-bond donors (Lipinski definition) is 2. The van der Waals surface area contributed by atoms with Crippen LogP contribution in [-0.2, 0) is 0 Å². The van der Waals surface area contributed by atoms with Crippen molar-refractivity contribution in [1.29, 1.82) is 5.26 Å². The van der Waals surface area contributed by atoms with Crippen molar-refractivity contribution in [2.75, 3.05) is 18.0 Å². The van der Waals surface area contributed by atoms with Gasteiger partial charge in [0, 0.05) is 12.1 Å². The molecule has 4 atom stereocenters. The van der Waals surface area contributed by atoms with Crippen molar-refractivity contribution in [2.45, 2.75) is 51.0 Å². The highest BCUT2D eigenvalue weighted by atomic mass is 35.5. The van der Waals surface area contributed by atoms with Crippen molar-refractivity contribution in [1.82, 2.24) is 20.6 Å². The number of nitrogens with one attached hydrogen (secondary N) is 2. The third-order valence-electron chi connectivity index (χ3n) is 5.83. The van der Waals surface area contributed by atoms with Crippen LogP contribution in [0.4, 0.5) is 5.82 Å². The van der Waals surface area contributed by atoms with Gasteiger partial charge in [-0.1, -0.05) is 23.2 Å². The van der Waals surface area contributed by atoms with Crippen LogP contribution in [0.15, 0.2) is 24.3 Å². The summed E-state index contributed by atoms with van der Waals surface area (Å²) >= 11 is 12.2. The molecule has 2 N–H and O–H groups in total. The van der Waals surface area contributed by atoms with Crippen molar-refractivity contribution in [3.05, 3.63) is 40.3 Å². The molecule has 0 radical (unpaired) electrons. The molecule has 11 heteroatoms. The fourth-order valence-electron chi connectivity index (χ4n) is 3.62. The lowest BCUT2D eigenvalue weighted by Gasteiger charge is -2.33. The second-order valence-corrected chi connectivity index (χ2v) is 8.80. The molecule has 4 heterocycles. The molecule has 0 aromatic carbocycles. The van der Waals surface area contributed by atoms with Gasteiger partial charge in [0.05, 0.1) is 0 Å². The Balaban J connectivity index is 1.64. The Morgan fingerprint density at radius 1 is 1.03 bits per heavy atom. The summed E-state index contributed by atoms with van der Waals surface area (Å²) in [6, 6.07) is 6.58. The molecule has 2 unspecified atom stereocenters. The van der Waals surface area contributed by atoms with Gasteiger partial charge in [-0.3, -0.25) is 4.79 Å². The maximum absolute atomic E-state index is 13.5. The van der Waals surface area contributed by atoms with Gasteiger partial charge >= 0.3 is 0 Å². The molecule has 4 rings (SSSR count). The fourth-order valence-corrected chi connectivity index (χ4v) is 3.91. The Morgan fingerprint density at radius 3 is 2.06 bits per heavy atom. The molecular formula is C22H24Cl2N6O3. The van der Waals surface area contributed by atoms with Gasteiger partial charge in [-0.2, -0.15) is 10.2 Å². The summed E-state index contributed by atoms with van der Waals surface area (Å²) in [5.41, 5.74) is -0.100. The van der Waals surface area contributed by atoms with E-state index in [0.29, 0.717) is 0 Å². The number of aromatic nitrogens is 2. The minimum absolute atomic E-state index is 0.0254. The second-order valence-electron chi connectivity index (χ2n) is 8.02. The monoisotopic (exact) mass is 490 g/mol. The number of ether oxygens (including phenoxy) is 2. The van der Waals surface area contributed by atoms with Crippen LogP contribution >= 0.6 is 23.2 Å². The molecule has 174 valence electrons. The third-order valence-corrected chi connectivity index (χ3v) is 6.25. The zero-order chi connectivity index (χ0) is 23.5. The maximum atomic E-state index is 13.5. The highest BCUT2D eigenvalue weighted by molar-refractivity contribution is 6.30. The summed E-state index contributed by atoms with van der Waals surface area (Å²) in [6.07, 6.45) is 3.41. The van der Waals surface area contributed by atoms with Crippen LogP contribution < -0.4 is 25.0 Å². The van der Waals surface area contributed by atoms with Crippen molar-refractivity contribution in [2.24, 2.45) is 0 Å². The number of nitriles is 1. The lowest BCUT2D eigenvalue weighted by molar-refractivity contribution is 0.0971. The van der Waals surface area contributed by atoms with E-state index in [1.54, 1.807) is 18.2 Å². The number of halogens is 2. The smallest absolute Gasteiger partial charge is 0.295 e. The molecule has 2 aliphatic rings. The maximum Gasteiger partial charge on any atom is 0.295 e. The van der Waals surface area contributed by atoms with Crippen LogP contribution in [0.25, 0.3) is 0 Å². The van der Waals surface area contributed by atoms with Crippen molar-refractivity contribution in [3.63, 3.8) is 0 Å². The minimum Gasteiger partial charge on any atom is -0.487 e. The van der Waals surface area contributed by atoms with Crippen LogP contribution in [-0.4, -0.2) is 53.3 Å². The quantitative estimate of drug-likeness (QED) is 0.329. The lowest BCUT2D eigenvalue weighted by atomic mass is 10.0. The van der Waals surface area contributed by atoms with Gasteiger partial charge in [-0.15, -0.1) is 0 Å². The molecule has 0 aliphatic carbocycles. The Hall–Kier alpha value is -2.64. The first-order chi connectivity index (χ1) is 15.9. The molecule has 0 spiro atoms. The van der Waals surface area contributed by atoms with E-state index < -0.39 is 5.91 Å². The number of amides is 1. The summed E-state index contributed by atoms with van der Waals surface area (Å²) in [5.74, 6) is -0.296. The van der Waals surface area contributed by atoms with Crippen LogP contribution in [0, 0.1) is 11.5 Å². The Kier molecular flexibility index (Phi) is 7.20. The van der Waals surface area contributed by atoms with E-state index in [2.05, 4.69) is 20.6 Å². The van der Waals surface area contributed by atoms with Crippen LogP contribution in [0.1, 0.15) is 37.2 Å². The first-order valence-corrected chi connectivity index (χ1v) is 11.5. The van der Waals surface area contributed by atoms with E-state index >= 15 is 0 Å². The van der Waals surface area contributed by atoms with Crippen LogP contribution in [0.5, 0.6) is 11.5 Å². The molecule has 2 aromatic heterocycles. The number of anilines is 1. The summed E-state index contributed by atoms with van der Waals surface area (Å²) < 4.78 is 12.0. The van der Waals surface area contributed by atoms with E-state index in [9.17, 15) is 10.1 Å². The summed E-state index contributed by atoms with van der Waals surface area (Å²) in [4.78, 5) is 22.6. The van der Waals surface area contributed by atoms with E-state index in [4.69, 9.17) is 32.7 Å². The molecule has 1 amide bonds.